The standard InChI is InChI=1S/C20H21BrN4O3S/c1-20(2,3)25-13-17(12-22-25)23-19(26)14-5-4-6-18(11-14)29(27,28)24-16-9-7-15(21)8-10-16/h4-13,24H,1-3H3,(H,23,26). The molecule has 152 valence electrons. The Kier molecular flexibility index (Phi) is 5.81. The van der Waals surface area contributed by atoms with E-state index < -0.39 is 15.9 Å². The summed E-state index contributed by atoms with van der Waals surface area (Å²) in [5.74, 6) is -0.417. The first-order valence-corrected chi connectivity index (χ1v) is 11.1. The van der Waals surface area contributed by atoms with Crippen molar-refractivity contribution in [2.24, 2.45) is 0 Å². The number of carbonyl (C=O) groups is 1. The van der Waals surface area contributed by atoms with E-state index in [1.165, 1.54) is 18.2 Å². The minimum atomic E-state index is -3.83. The quantitative estimate of drug-likeness (QED) is 0.568. The zero-order valence-electron chi connectivity index (χ0n) is 16.2. The number of nitrogens with one attached hydrogen (secondary N) is 2. The predicted octanol–water partition coefficient (Wildman–Crippen LogP) is 4.45. The van der Waals surface area contributed by atoms with Crippen molar-refractivity contribution >= 4 is 43.2 Å². The maximum absolute atomic E-state index is 12.7. The molecular weight excluding hydrogens is 456 g/mol. The number of carbonyl (C=O) groups excluding carboxylic acids is 1. The highest BCUT2D eigenvalue weighted by Crippen LogP contribution is 2.20. The molecule has 0 atom stereocenters. The van der Waals surface area contributed by atoms with Crippen molar-refractivity contribution in [2.75, 3.05) is 10.0 Å². The molecule has 0 unspecified atom stereocenters. The van der Waals surface area contributed by atoms with Crippen LogP contribution in [0.15, 0.2) is 70.3 Å². The summed E-state index contributed by atoms with van der Waals surface area (Å²) in [7, 11) is -3.83. The number of halogens is 1. The number of amides is 1. The molecule has 0 saturated carbocycles. The van der Waals surface area contributed by atoms with Gasteiger partial charge in [-0.25, -0.2) is 8.42 Å². The Morgan fingerprint density at radius 3 is 2.38 bits per heavy atom. The second-order valence-electron chi connectivity index (χ2n) is 7.44. The van der Waals surface area contributed by atoms with Gasteiger partial charge in [0, 0.05) is 21.9 Å². The summed E-state index contributed by atoms with van der Waals surface area (Å²) in [6, 6.07) is 12.6. The van der Waals surface area contributed by atoms with Gasteiger partial charge in [-0.15, -0.1) is 0 Å². The smallest absolute Gasteiger partial charge is 0.261 e. The van der Waals surface area contributed by atoms with Crippen molar-refractivity contribution in [1.82, 2.24) is 9.78 Å². The van der Waals surface area contributed by atoms with Crippen molar-refractivity contribution in [3.8, 4) is 0 Å². The van der Waals surface area contributed by atoms with E-state index in [9.17, 15) is 13.2 Å². The summed E-state index contributed by atoms with van der Waals surface area (Å²) in [6.45, 7) is 6.00. The molecule has 0 saturated heterocycles. The Morgan fingerprint density at radius 1 is 1.07 bits per heavy atom. The van der Waals surface area contributed by atoms with E-state index in [2.05, 4.69) is 31.1 Å². The highest BCUT2D eigenvalue weighted by Gasteiger charge is 2.18. The van der Waals surface area contributed by atoms with Gasteiger partial charge < -0.3 is 5.32 Å². The number of benzene rings is 2. The van der Waals surface area contributed by atoms with E-state index in [1.54, 1.807) is 47.4 Å². The van der Waals surface area contributed by atoms with E-state index in [1.807, 2.05) is 20.8 Å². The predicted molar refractivity (Wildman–Crippen MR) is 117 cm³/mol. The van der Waals surface area contributed by atoms with Crippen molar-refractivity contribution in [1.29, 1.82) is 0 Å². The van der Waals surface area contributed by atoms with Crippen LogP contribution in [-0.4, -0.2) is 24.1 Å². The second-order valence-corrected chi connectivity index (χ2v) is 10.0. The zero-order chi connectivity index (χ0) is 21.2. The Hall–Kier alpha value is -2.65. The molecule has 0 aliphatic rings. The Balaban J connectivity index is 1.78. The Labute approximate surface area is 178 Å². The molecule has 1 aromatic heterocycles. The van der Waals surface area contributed by atoms with Crippen molar-refractivity contribution in [3.05, 3.63) is 71.0 Å². The monoisotopic (exact) mass is 476 g/mol. The number of anilines is 2. The summed E-state index contributed by atoms with van der Waals surface area (Å²) in [5.41, 5.74) is 0.978. The third kappa shape index (κ3) is 5.24. The molecule has 3 aromatic rings. The fourth-order valence-corrected chi connectivity index (χ4v) is 3.86. The number of aromatic nitrogens is 2. The van der Waals surface area contributed by atoms with Crippen LogP contribution in [0, 0.1) is 0 Å². The molecule has 0 radical (unpaired) electrons. The summed E-state index contributed by atoms with van der Waals surface area (Å²) in [5, 5.41) is 6.98. The van der Waals surface area contributed by atoms with Gasteiger partial charge >= 0.3 is 0 Å². The molecule has 1 heterocycles. The van der Waals surface area contributed by atoms with E-state index in [4.69, 9.17) is 0 Å². The van der Waals surface area contributed by atoms with Crippen LogP contribution in [0.1, 0.15) is 31.1 Å². The molecule has 9 heteroatoms. The first-order valence-electron chi connectivity index (χ1n) is 8.79. The lowest BCUT2D eigenvalue weighted by Gasteiger charge is -2.18. The number of sulfonamides is 1. The molecule has 2 aromatic carbocycles. The van der Waals surface area contributed by atoms with Gasteiger partial charge in [-0.05, 0) is 63.2 Å². The van der Waals surface area contributed by atoms with E-state index >= 15 is 0 Å². The van der Waals surface area contributed by atoms with Crippen LogP contribution >= 0.6 is 15.9 Å². The van der Waals surface area contributed by atoms with Crippen molar-refractivity contribution in [2.45, 2.75) is 31.2 Å². The van der Waals surface area contributed by atoms with E-state index in [0.29, 0.717) is 11.4 Å². The molecule has 1 amide bonds. The fourth-order valence-electron chi connectivity index (χ4n) is 2.49. The maximum atomic E-state index is 12.7. The van der Waals surface area contributed by atoms with E-state index in [-0.39, 0.29) is 16.0 Å². The van der Waals surface area contributed by atoms with Crippen LogP contribution in [-0.2, 0) is 15.6 Å². The molecule has 0 aliphatic heterocycles. The average Bonchev–Trinajstić information content (AvgIpc) is 3.12. The third-order valence-corrected chi connectivity index (χ3v) is 5.94. The largest absolute Gasteiger partial charge is 0.319 e. The molecular formula is C20H21BrN4O3S. The summed E-state index contributed by atoms with van der Waals surface area (Å²) >= 11 is 3.31. The number of hydrogen-bond acceptors (Lipinski definition) is 4. The fraction of sp³-hybridized carbons (Fsp3) is 0.200. The average molecular weight is 477 g/mol. The molecule has 0 bridgehead atoms. The minimum absolute atomic E-state index is 0.00143. The van der Waals surface area contributed by atoms with Crippen molar-refractivity contribution in [3.63, 3.8) is 0 Å². The molecule has 3 rings (SSSR count). The molecule has 2 N–H and O–H groups in total. The zero-order valence-corrected chi connectivity index (χ0v) is 18.6. The highest BCUT2D eigenvalue weighted by molar-refractivity contribution is 9.10. The first kappa shape index (κ1) is 21.1. The molecule has 7 nitrogen and oxygen atoms in total. The van der Waals surface area contributed by atoms with Crippen LogP contribution in [0.5, 0.6) is 0 Å². The van der Waals surface area contributed by atoms with Gasteiger partial charge in [-0.1, -0.05) is 22.0 Å². The normalized spacial score (nSPS) is 11.9. The summed E-state index contributed by atoms with van der Waals surface area (Å²) < 4.78 is 30.4. The van der Waals surface area contributed by atoms with Crippen molar-refractivity contribution < 1.29 is 13.2 Å². The van der Waals surface area contributed by atoms with Gasteiger partial charge in [-0.3, -0.25) is 14.2 Å². The minimum Gasteiger partial charge on any atom is -0.319 e. The summed E-state index contributed by atoms with van der Waals surface area (Å²) in [4.78, 5) is 12.6. The molecule has 29 heavy (non-hydrogen) atoms. The maximum Gasteiger partial charge on any atom is 0.261 e. The molecule has 0 spiro atoms. The summed E-state index contributed by atoms with van der Waals surface area (Å²) in [6.07, 6.45) is 3.28. The molecule has 0 aliphatic carbocycles. The van der Waals surface area contributed by atoms with Crippen LogP contribution in [0.4, 0.5) is 11.4 Å². The van der Waals surface area contributed by atoms with Crippen LogP contribution in [0.2, 0.25) is 0 Å². The topological polar surface area (TPSA) is 93.1 Å². The highest BCUT2D eigenvalue weighted by atomic mass is 79.9. The van der Waals surface area contributed by atoms with Gasteiger partial charge in [0.25, 0.3) is 15.9 Å². The van der Waals surface area contributed by atoms with Crippen LogP contribution < -0.4 is 10.0 Å². The van der Waals surface area contributed by atoms with E-state index in [0.717, 1.165) is 4.47 Å². The third-order valence-electron chi connectivity index (χ3n) is 4.03. The van der Waals surface area contributed by atoms with Gasteiger partial charge in [0.05, 0.1) is 22.3 Å². The number of hydrogen-bond donors (Lipinski definition) is 2. The Bertz CT molecular complexity index is 1130. The van der Waals surface area contributed by atoms with Gasteiger partial charge in [0.2, 0.25) is 0 Å². The lowest BCUT2D eigenvalue weighted by molar-refractivity contribution is 0.102. The van der Waals surface area contributed by atoms with Gasteiger partial charge in [0.15, 0.2) is 0 Å². The number of nitrogens with zero attached hydrogens (tertiary/aromatic N) is 2. The lowest BCUT2D eigenvalue weighted by Crippen LogP contribution is -2.22. The van der Waals surface area contributed by atoms with Crippen LogP contribution in [0.25, 0.3) is 0 Å². The van der Waals surface area contributed by atoms with Gasteiger partial charge in [0.1, 0.15) is 0 Å². The molecule has 0 fully saturated rings. The first-order chi connectivity index (χ1) is 13.5. The number of rotatable bonds is 5. The van der Waals surface area contributed by atoms with Crippen LogP contribution in [0.3, 0.4) is 0 Å². The lowest BCUT2D eigenvalue weighted by atomic mass is 10.1. The second kappa shape index (κ2) is 8.00. The Morgan fingerprint density at radius 2 is 1.76 bits per heavy atom. The van der Waals surface area contributed by atoms with Gasteiger partial charge in [-0.2, -0.15) is 5.10 Å². The SMILES string of the molecule is CC(C)(C)n1cc(NC(=O)c2cccc(S(=O)(=O)Nc3ccc(Br)cc3)c2)cn1.